The van der Waals surface area contributed by atoms with E-state index in [0.29, 0.717) is 11.8 Å². The Morgan fingerprint density at radius 2 is 2.04 bits per heavy atom. The quantitative estimate of drug-likeness (QED) is 0.884. The number of aryl methyl sites for hydroxylation is 1. The smallest absolute Gasteiger partial charge is 0.431 e. The predicted molar refractivity (Wildman–Crippen MR) is 78.9 cm³/mol. The zero-order valence-electron chi connectivity index (χ0n) is 12.5. The fraction of sp³-hybridized carbons (Fsp3) is 0.250. The molecule has 24 heavy (non-hydrogen) atoms. The fourth-order valence-corrected chi connectivity index (χ4v) is 2.51. The fourth-order valence-electron chi connectivity index (χ4n) is 2.51. The van der Waals surface area contributed by atoms with E-state index in [1.165, 1.54) is 0 Å². The highest BCUT2D eigenvalue weighted by atomic mass is 19.4. The highest BCUT2D eigenvalue weighted by Crippen LogP contribution is 2.33. The van der Waals surface area contributed by atoms with Crippen LogP contribution in [0.5, 0.6) is 5.75 Å². The number of fused-ring (bicyclic) bond motifs is 1. The number of amides is 1. The van der Waals surface area contributed by atoms with Gasteiger partial charge in [0.2, 0.25) is 0 Å². The van der Waals surface area contributed by atoms with Crippen LogP contribution in [0.4, 0.5) is 13.2 Å². The molecule has 1 aromatic carbocycles. The Morgan fingerprint density at radius 3 is 2.71 bits per heavy atom. The van der Waals surface area contributed by atoms with Gasteiger partial charge < -0.3 is 15.0 Å². The van der Waals surface area contributed by atoms with Crippen LogP contribution in [0.15, 0.2) is 35.1 Å². The number of nitrogens with one attached hydrogen (secondary N) is 2. The summed E-state index contributed by atoms with van der Waals surface area (Å²) in [4.78, 5) is 25.6. The zero-order chi connectivity index (χ0) is 17.5. The lowest BCUT2D eigenvalue weighted by molar-refractivity contribution is -0.141. The Morgan fingerprint density at radius 1 is 1.29 bits per heavy atom. The molecule has 0 saturated heterocycles. The lowest BCUT2D eigenvalue weighted by Gasteiger charge is -2.12. The Hall–Kier alpha value is -2.77. The van der Waals surface area contributed by atoms with Gasteiger partial charge in [0.1, 0.15) is 23.6 Å². The Kier molecular flexibility index (Phi) is 3.82. The Balaban J connectivity index is 1.82. The summed E-state index contributed by atoms with van der Waals surface area (Å²) < 4.78 is 43.1. The average Bonchev–Trinajstić information content (AvgIpc) is 2.88. The normalized spacial score (nSPS) is 16.4. The lowest BCUT2D eigenvalue weighted by atomic mass is 10.1. The first kappa shape index (κ1) is 16.1. The van der Waals surface area contributed by atoms with Crippen LogP contribution in [0.3, 0.4) is 0 Å². The van der Waals surface area contributed by atoms with Crippen LogP contribution in [-0.4, -0.2) is 17.5 Å². The molecule has 2 heterocycles. The number of hydrogen-bond acceptors (Lipinski definition) is 3. The first-order valence-electron chi connectivity index (χ1n) is 7.10. The number of hydrogen-bond donors (Lipinski definition) is 2. The largest absolute Gasteiger partial charge is 0.491 e. The van der Waals surface area contributed by atoms with E-state index in [2.05, 4.69) is 5.32 Å². The number of alkyl halides is 3. The number of benzene rings is 1. The van der Waals surface area contributed by atoms with Gasteiger partial charge in [0.25, 0.3) is 11.5 Å². The summed E-state index contributed by atoms with van der Waals surface area (Å²) in [6, 6.07) is 6.56. The molecule has 1 aliphatic rings. The molecule has 1 aliphatic heterocycles. The van der Waals surface area contributed by atoms with Crippen LogP contribution in [0, 0.1) is 6.92 Å². The number of carbonyl (C=O) groups excluding carboxylic acids is 1. The van der Waals surface area contributed by atoms with Gasteiger partial charge in [-0.15, -0.1) is 0 Å². The van der Waals surface area contributed by atoms with E-state index in [4.69, 9.17) is 4.74 Å². The second kappa shape index (κ2) is 5.70. The van der Waals surface area contributed by atoms with Crippen molar-refractivity contribution in [3.8, 4) is 5.75 Å². The third-order valence-electron chi connectivity index (χ3n) is 3.71. The molecule has 0 radical (unpaired) electrons. The molecule has 2 aromatic rings. The molecule has 2 N–H and O–H groups in total. The van der Waals surface area contributed by atoms with Crippen LogP contribution in [0.2, 0.25) is 0 Å². The van der Waals surface area contributed by atoms with E-state index in [0.717, 1.165) is 17.2 Å². The third-order valence-corrected chi connectivity index (χ3v) is 3.71. The molecule has 0 bridgehead atoms. The molecule has 0 aliphatic carbocycles. The molecule has 0 spiro atoms. The van der Waals surface area contributed by atoms with Gasteiger partial charge in [-0.25, -0.2) is 0 Å². The van der Waals surface area contributed by atoms with Crippen LogP contribution >= 0.6 is 0 Å². The Bertz CT molecular complexity index is 858. The molecular formula is C16H13F3N2O3. The van der Waals surface area contributed by atoms with Crippen molar-refractivity contribution < 1.29 is 22.7 Å². The molecule has 8 heteroatoms. The summed E-state index contributed by atoms with van der Waals surface area (Å²) in [7, 11) is 0. The van der Waals surface area contributed by atoms with Crippen LogP contribution in [-0.2, 0) is 6.18 Å². The second-order valence-electron chi connectivity index (χ2n) is 5.49. The first-order chi connectivity index (χ1) is 11.3. The SMILES string of the molecule is Cc1ccc2c(c1)C(NC(=O)c1ccc(C(F)(F)F)[nH]c1=O)CO2. The number of halogens is 3. The minimum atomic E-state index is -4.68. The van der Waals surface area contributed by atoms with Gasteiger partial charge in [0.05, 0.1) is 6.04 Å². The topological polar surface area (TPSA) is 71.2 Å². The summed E-state index contributed by atoms with van der Waals surface area (Å²) in [5.74, 6) is -0.125. The zero-order valence-corrected chi connectivity index (χ0v) is 12.5. The van der Waals surface area contributed by atoms with Crippen molar-refractivity contribution >= 4 is 5.91 Å². The van der Waals surface area contributed by atoms with Crippen LogP contribution in [0.25, 0.3) is 0 Å². The van der Waals surface area contributed by atoms with Gasteiger partial charge in [-0.3, -0.25) is 9.59 Å². The van der Waals surface area contributed by atoms with Crippen LogP contribution in [0.1, 0.15) is 33.2 Å². The molecule has 126 valence electrons. The van der Waals surface area contributed by atoms with E-state index in [-0.39, 0.29) is 12.2 Å². The number of aromatic nitrogens is 1. The maximum Gasteiger partial charge on any atom is 0.431 e. The van der Waals surface area contributed by atoms with Crippen molar-refractivity contribution in [1.82, 2.24) is 10.3 Å². The molecule has 1 unspecified atom stereocenters. The summed E-state index contributed by atoms with van der Waals surface area (Å²) in [5, 5.41) is 2.61. The number of pyridine rings is 1. The molecule has 0 saturated carbocycles. The van der Waals surface area contributed by atoms with Gasteiger partial charge in [-0.1, -0.05) is 17.7 Å². The number of H-pyrrole nitrogens is 1. The van der Waals surface area contributed by atoms with Crippen molar-refractivity contribution in [3.05, 3.63) is 63.1 Å². The van der Waals surface area contributed by atoms with Gasteiger partial charge in [0.15, 0.2) is 0 Å². The summed E-state index contributed by atoms with van der Waals surface area (Å²) in [6.45, 7) is 2.08. The van der Waals surface area contributed by atoms with E-state index >= 15 is 0 Å². The van der Waals surface area contributed by atoms with E-state index in [1.807, 2.05) is 19.1 Å². The second-order valence-corrected chi connectivity index (χ2v) is 5.49. The van der Waals surface area contributed by atoms with Crippen molar-refractivity contribution in [2.24, 2.45) is 0 Å². The lowest BCUT2D eigenvalue weighted by Crippen LogP contribution is -2.34. The van der Waals surface area contributed by atoms with Gasteiger partial charge >= 0.3 is 6.18 Å². The van der Waals surface area contributed by atoms with Gasteiger partial charge in [-0.05, 0) is 25.1 Å². The summed E-state index contributed by atoms with van der Waals surface area (Å²) in [5.41, 5.74) is -0.929. The van der Waals surface area contributed by atoms with Crippen molar-refractivity contribution in [1.29, 1.82) is 0 Å². The van der Waals surface area contributed by atoms with Gasteiger partial charge in [0, 0.05) is 5.56 Å². The maximum atomic E-state index is 12.5. The standard InChI is InChI=1S/C16H13F3N2O3/c1-8-2-4-12-10(6-8)11(7-24-12)20-14(22)9-3-5-13(16(17,18)19)21-15(9)23/h2-6,11H,7H2,1H3,(H,20,22)(H,21,23). The monoisotopic (exact) mass is 338 g/mol. The van der Waals surface area contributed by atoms with Crippen molar-refractivity contribution in [2.75, 3.05) is 6.61 Å². The predicted octanol–water partition coefficient (Wildman–Crippen LogP) is 2.57. The molecule has 1 aromatic heterocycles. The molecular weight excluding hydrogens is 325 g/mol. The molecule has 5 nitrogen and oxygen atoms in total. The van der Waals surface area contributed by atoms with E-state index < -0.39 is 29.4 Å². The van der Waals surface area contributed by atoms with Crippen LogP contribution < -0.4 is 15.6 Å². The van der Waals surface area contributed by atoms with Crippen molar-refractivity contribution in [2.45, 2.75) is 19.1 Å². The highest BCUT2D eigenvalue weighted by molar-refractivity contribution is 5.94. The number of rotatable bonds is 2. The highest BCUT2D eigenvalue weighted by Gasteiger charge is 2.33. The van der Waals surface area contributed by atoms with Crippen molar-refractivity contribution in [3.63, 3.8) is 0 Å². The van der Waals surface area contributed by atoms with E-state index in [1.54, 1.807) is 11.1 Å². The third kappa shape index (κ3) is 2.99. The van der Waals surface area contributed by atoms with Gasteiger partial charge in [-0.2, -0.15) is 13.2 Å². The Labute approximate surface area is 134 Å². The number of carbonyl (C=O) groups is 1. The summed E-state index contributed by atoms with van der Waals surface area (Å²) >= 11 is 0. The molecule has 0 fully saturated rings. The number of ether oxygens (including phenoxy) is 1. The summed E-state index contributed by atoms with van der Waals surface area (Å²) in [6.07, 6.45) is -4.68. The number of aromatic amines is 1. The molecule has 1 atom stereocenters. The minimum absolute atomic E-state index is 0.197. The van der Waals surface area contributed by atoms with E-state index in [9.17, 15) is 22.8 Å². The average molecular weight is 338 g/mol. The molecule has 3 rings (SSSR count). The minimum Gasteiger partial charge on any atom is -0.491 e. The molecule has 1 amide bonds. The maximum absolute atomic E-state index is 12.5. The first-order valence-corrected chi connectivity index (χ1v) is 7.10.